The van der Waals surface area contributed by atoms with Gasteiger partial charge in [-0.25, -0.2) is 0 Å². The average Bonchev–Trinajstić information content (AvgIpc) is 2.27. The van der Waals surface area contributed by atoms with Crippen LogP contribution in [0.2, 0.25) is 0 Å². The van der Waals surface area contributed by atoms with Gasteiger partial charge in [-0.05, 0) is 5.57 Å². The van der Waals surface area contributed by atoms with Crippen molar-refractivity contribution in [3.63, 3.8) is 0 Å². The maximum atomic E-state index is 10.7. The largest absolute Gasteiger partial charge is 0.352 e. The number of hydrogen-bond acceptors (Lipinski definition) is 3. The van der Waals surface area contributed by atoms with Gasteiger partial charge < -0.3 is 14.8 Å². The third kappa shape index (κ3) is 4.79. The minimum Gasteiger partial charge on any atom is -0.352 e. The number of ether oxygens (including phenoxy) is 2. The Kier molecular flexibility index (Phi) is 4.96. The van der Waals surface area contributed by atoms with E-state index < -0.39 is 0 Å². The standard InChI is InChI=1S/C10H15NO3/c1-9(12)11-7-10-3-2-5-13-8-14-6-4-10/h2-4H,5-8H2,1H3,(H,11,12)/b3-2-,10-4+. The molecule has 0 aromatic heterocycles. The van der Waals surface area contributed by atoms with Gasteiger partial charge in [0.25, 0.3) is 0 Å². The summed E-state index contributed by atoms with van der Waals surface area (Å²) in [5.41, 5.74) is 1.03. The third-order valence-electron chi connectivity index (χ3n) is 1.72. The highest BCUT2D eigenvalue weighted by molar-refractivity contribution is 5.73. The van der Waals surface area contributed by atoms with Crippen LogP contribution >= 0.6 is 0 Å². The van der Waals surface area contributed by atoms with E-state index in [1.807, 2.05) is 18.2 Å². The quantitative estimate of drug-likeness (QED) is 0.705. The van der Waals surface area contributed by atoms with Crippen molar-refractivity contribution >= 4 is 5.91 Å². The van der Waals surface area contributed by atoms with E-state index in [4.69, 9.17) is 9.47 Å². The van der Waals surface area contributed by atoms with E-state index in [1.165, 1.54) is 6.92 Å². The summed E-state index contributed by atoms with van der Waals surface area (Å²) in [4.78, 5) is 10.7. The van der Waals surface area contributed by atoms with Crippen molar-refractivity contribution in [3.05, 3.63) is 23.8 Å². The van der Waals surface area contributed by atoms with Crippen LogP contribution in [-0.2, 0) is 14.3 Å². The summed E-state index contributed by atoms with van der Waals surface area (Å²) < 4.78 is 10.2. The van der Waals surface area contributed by atoms with Crippen LogP contribution in [0.1, 0.15) is 6.92 Å². The monoisotopic (exact) mass is 197 g/mol. The van der Waals surface area contributed by atoms with Gasteiger partial charge >= 0.3 is 0 Å². The molecule has 0 spiro atoms. The van der Waals surface area contributed by atoms with Crippen molar-refractivity contribution in [2.75, 3.05) is 26.6 Å². The van der Waals surface area contributed by atoms with Gasteiger partial charge in [0.2, 0.25) is 5.91 Å². The van der Waals surface area contributed by atoms with Gasteiger partial charge in [-0.1, -0.05) is 18.2 Å². The molecule has 78 valence electrons. The highest BCUT2D eigenvalue weighted by atomic mass is 16.7. The summed E-state index contributed by atoms with van der Waals surface area (Å²) >= 11 is 0. The van der Waals surface area contributed by atoms with Crippen LogP contribution in [0.3, 0.4) is 0 Å². The van der Waals surface area contributed by atoms with Gasteiger partial charge in [-0.2, -0.15) is 0 Å². The Bertz CT molecular complexity index is 246. The first-order valence-electron chi connectivity index (χ1n) is 4.54. The van der Waals surface area contributed by atoms with Crippen LogP contribution in [0.5, 0.6) is 0 Å². The van der Waals surface area contributed by atoms with Crippen molar-refractivity contribution in [1.29, 1.82) is 0 Å². The lowest BCUT2D eigenvalue weighted by Crippen LogP contribution is -2.22. The molecular formula is C10H15NO3. The topological polar surface area (TPSA) is 47.6 Å². The van der Waals surface area contributed by atoms with Gasteiger partial charge in [0.15, 0.2) is 0 Å². The molecule has 1 amide bonds. The molecule has 1 N–H and O–H groups in total. The number of rotatable bonds is 2. The van der Waals surface area contributed by atoms with Crippen LogP contribution in [-0.4, -0.2) is 32.5 Å². The fourth-order valence-corrected chi connectivity index (χ4v) is 1.01. The Morgan fingerprint density at radius 1 is 1.50 bits per heavy atom. The lowest BCUT2D eigenvalue weighted by molar-refractivity contribution is -0.118. The van der Waals surface area contributed by atoms with Crippen molar-refractivity contribution in [2.24, 2.45) is 0 Å². The Morgan fingerprint density at radius 2 is 2.29 bits per heavy atom. The molecule has 0 unspecified atom stereocenters. The van der Waals surface area contributed by atoms with E-state index in [-0.39, 0.29) is 5.91 Å². The number of hydrogen-bond donors (Lipinski definition) is 1. The van der Waals surface area contributed by atoms with E-state index in [2.05, 4.69) is 5.32 Å². The van der Waals surface area contributed by atoms with Crippen molar-refractivity contribution in [1.82, 2.24) is 5.32 Å². The summed E-state index contributed by atoms with van der Waals surface area (Å²) in [7, 11) is 0. The number of amides is 1. The summed E-state index contributed by atoms with van der Waals surface area (Å²) in [5, 5.41) is 2.73. The van der Waals surface area contributed by atoms with Crippen molar-refractivity contribution in [3.8, 4) is 0 Å². The molecule has 0 radical (unpaired) electrons. The molecule has 0 bridgehead atoms. The highest BCUT2D eigenvalue weighted by Crippen LogP contribution is 1.98. The smallest absolute Gasteiger partial charge is 0.217 e. The third-order valence-corrected chi connectivity index (χ3v) is 1.72. The Labute approximate surface area is 83.6 Å². The molecule has 0 saturated heterocycles. The van der Waals surface area contributed by atoms with Gasteiger partial charge in [0.05, 0.1) is 13.2 Å². The first-order chi connectivity index (χ1) is 6.79. The summed E-state index contributed by atoms with van der Waals surface area (Å²) in [5.74, 6) is -0.0312. The number of nitrogens with one attached hydrogen (secondary N) is 1. The van der Waals surface area contributed by atoms with Crippen LogP contribution in [0, 0.1) is 0 Å². The minimum absolute atomic E-state index is 0.0312. The predicted molar refractivity (Wildman–Crippen MR) is 52.7 cm³/mol. The van der Waals surface area contributed by atoms with Crippen molar-refractivity contribution < 1.29 is 14.3 Å². The SMILES string of the molecule is CC(=O)NCC1=C/COCOC/C=C\1. The molecule has 4 nitrogen and oxygen atoms in total. The molecule has 1 heterocycles. The second kappa shape index (κ2) is 6.34. The van der Waals surface area contributed by atoms with E-state index in [9.17, 15) is 4.79 Å². The fourth-order valence-electron chi connectivity index (χ4n) is 1.01. The molecule has 0 saturated carbocycles. The summed E-state index contributed by atoms with van der Waals surface area (Å²) in [6.07, 6.45) is 5.77. The van der Waals surface area contributed by atoms with E-state index >= 15 is 0 Å². The Morgan fingerprint density at radius 3 is 3.07 bits per heavy atom. The number of carbonyl (C=O) groups excluding carboxylic acids is 1. The van der Waals surface area contributed by atoms with E-state index in [1.54, 1.807) is 0 Å². The molecular weight excluding hydrogens is 182 g/mol. The molecule has 0 atom stereocenters. The Balaban J connectivity index is 2.44. The second-order valence-corrected chi connectivity index (χ2v) is 2.95. The lowest BCUT2D eigenvalue weighted by atomic mass is 10.2. The zero-order valence-corrected chi connectivity index (χ0v) is 8.29. The summed E-state index contributed by atoms with van der Waals surface area (Å²) in [6.45, 7) is 3.40. The minimum atomic E-state index is -0.0312. The molecule has 0 fully saturated rings. The first-order valence-corrected chi connectivity index (χ1v) is 4.54. The molecule has 1 aliphatic heterocycles. The van der Waals surface area contributed by atoms with Gasteiger partial charge in [0.1, 0.15) is 6.79 Å². The van der Waals surface area contributed by atoms with Gasteiger partial charge in [-0.15, -0.1) is 0 Å². The lowest BCUT2D eigenvalue weighted by Gasteiger charge is -2.02. The van der Waals surface area contributed by atoms with Crippen LogP contribution in [0.4, 0.5) is 0 Å². The molecule has 0 aliphatic carbocycles. The van der Waals surface area contributed by atoms with Crippen LogP contribution in [0.25, 0.3) is 0 Å². The molecule has 14 heavy (non-hydrogen) atoms. The molecule has 4 heteroatoms. The molecule has 0 aromatic carbocycles. The maximum Gasteiger partial charge on any atom is 0.217 e. The normalized spacial score (nSPS) is 23.6. The molecule has 1 rings (SSSR count). The van der Waals surface area contributed by atoms with Crippen LogP contribution in [0.15, 0.2) is 23.8 Å². The van der Waals surface area contributed by atoms with E-state index in [0.717, 1.165) is 5.57 Å². The molecule has 0 aromatic rings. The Hall–Kier alpha value is -1.13. The van der Waals surface area contributed by atoms with Crippen molar-refractivity contribution in [2.45, 2.75) is 6.92 Å². The maximum absolute atomic E-state index is 10.7. The first kappa shape index (κ1) is 10.9. The van der Waals surface area contributed by atoms with Gasteiger partial charge in [-0.3, -0.25) is 4.79 Å². The predicted octanol–water partition coefficient (Wildman–Crippen LogP) is 0.609. The van der Waals surface area contributed by atoms with Gasteiger partial charge in [0, 0.05) is 13.5 Å². The van der Waals surface area contributed by atoms with Crippen LogP contribution < -0.4 is 5.32 Å². The fraction of sp³-hybridized carbons (Fsp3) is 0.500. The number of carbonyl (C=O) groups is 1. The summed E-state index contributed by atoms with van der Waals surface area (Å²) in [6, 6.07) is 0. The molecule has 1 aliphatic rings. The average molecular weight is 197 g/mol. The zero-order chi connectivity index (χ0) is 10.2. The highest BCUT2D eigenvalue weighted by Gasteiger charge is 1.96. The zero-order valence-electron chi connectivity index (χ0n) is 8.29. The van der Waals surface area contributed by atoms with E-state index in [0.29, 0.717) is 26.6 Å². The second-order valence-electron chi connectivity index (χ2n) is 2.95.